The maximum absolute atomic E-state index is 6.33. The summed E-state index contributed by atoms with van der Waals surface area (Å²) in [5.41, 5.74) is 1.98. The number of halogens is 2. The fourth-order valence-corrected chi connectivity index (χ4v) is 4.13. The van der Waals surface area contributed by atoms with Crippen molar-refractivity contribution in [3.05, 3.63) is 57.6 Å². The summed E-state index contributed by atoms with van der Waals surface area (Å²) in [5.74, 6) is 1.53. The molecule has 0 unspecified atom stereocenters. The highest BCUT2D eigenvalue weighted by atomic mass is 35.5. The summed E-state index contributed by atoms with van der Waals surface area (Å²) in [7, 11) is 0. The van der Waals surface area contributed by atoms with Crippen molar-refractivity contribution in [3.8, 4) is 11.5 Å². The van der Waals surface area contributed by atoms with E-state index in [0.717, 1.165) is 48.7 Å². The lowest BCUT2D eigenvalue weighted by atomic mass is 10.1. The highest BCUT2D eigenvalue weighted by Gasteiger charge is 2.13. The summed E-state index contributed by atoms with van der Waals surface area (Å²) in [6.45, 7) is 12.7. The molecule has 4 nitrogen and oxygen atoms in total. The van der Waals surface area contributed by atoms with Crippen LogP contribution in [0, 0.1) is 0 Å². The lowest BCUT2D eigenvalue weighted by Gasteiger charge is -2.22. The lowest BCUT2D eigenvalue weighted by molar-refractivity contribution is 0.259. The number of nitrogens with zero attached hydrogens (tertiary/aromatic N) is 1. The van der Waals surface area contributed by atoms with E-state index in [-0.39, 0.29) is 0 Å². The first-order valence-electron chi connectivity index (χ1n) is 12.3. The van der Waals surface area contributed by atoms with Crippen molar-refractivity contribution >= 4 is 23.2 Å². The Balaban J connectivity index is 1.93. The molecule has 0 aliphatic heterocycles. The average Bonchev–Trinajstić information content (AvgIpc) is 2.80. The molecule has 0 saturated heterocycles. The molecule has 0 aromatic heterocycles. The Hall–Kier alpha value is -1.46. The van der Waals surface area contributed by atoms with Gasteiger partial charge in [-0.25, -0.2) is 0 Å². The molecule has 0 atom stereocenters. The molecule has 0 fully saturated rings. The van der Waals surface area contributed by atoms with Gasteiger partial charge in [0.1, 0.15) is 6.61 Å². The molecule has 0 amide bonds. The van der Waals surface area contributed by atoms with Crippen molar-refractivity contribution in [1.82, 2.24) is 10.2 Å². The molecular weight excluding hydrogens is 455 g/mol. The van der Waals surface area contributed by atoms with Gasteiger partial charge >= 0.3 is 0 Å². The topological polar surface area (TPSA) is 33.7 Å². The SMILES string of the molecule is CCCCN(CCCC)CCCNCc1cccc(OCC)c1OCc1ccc(Cl)cc1Cl. The summed E-state index contributed by atoms with van der Waals surface area (Å²) < 4.78 is 12.0. The van der Waals surface area contributed by atoms with E-state index < -0.39 is 0 Å². The van der Waals surface area contributed by atoms with Crippen molar-refractivity contribution in [2.24, 2.45) is 0 Å². The third kappa shape index (κ3) is 10.1. The monoisotopic (exact) mass is 494 g/mol. The summed E-state index contributed by atoms with van der Waals surface area (Å²) in [6.07, 6.45) is 6.19. The standard InChI is InChI=1S/C27H40Cl2N2O2/c1-4-7-16-31(17-8-5-2)18-10-15-30-20-22-11-9-12-26(32-6-3)27(22)33-21-23-13-14-24(28)19-25(23)29/h9,11-14,19,30H,4-8,10,15-18,20-21H2,1-3H3. The van der Waals surface area contributed by atoms with E-state index in [2.05, 4.69) is 30.1 Å². The van der Waals surface area contributed by atoms with Crippen LogP contribution >= 0.6 is 23.2 Å². The third-order valence-corrected chi connectivity index (χ3v) is 6.13. The molecule has 2 aromatic rings. The first-order chi connectivity index (χ1) is 16.1. The van der Waals surface area contributed by atoms with Gasteiger partial charge in [-0.15, -0.1) is 0 Å². The number of ether oxygens (including phenoxy) is 2. The molecule has 0 aliphatic carbocycles. The fraction of sp³-hybridized carbons (Fsp3) is 0.556. The number of rotatable bonds is 17. The minimum Gasteiger partial charge on any atom is -0.490 e. The van der Waals surface area contributed by atoms with Crippen molar-refractivity contribution in [2.45, 2.75) is 66.0 Å². The Kier molecular flexibility index (Phi) is 13.7. The van der Waals surface area contributed by atoms with E-state index in [1.165, 1.54) is 38.8 Å². The minimum absolute atomic E-state index is 0.358. The van der Waals surface area contributed by atoms with Gasteiger partial charge in [0.05, 0.1) is 6.61 Å². The summed E-state index contributed by atoms with van der Waals surface area (Å²) in [5, 5.41) is 4.81. The lowest BCUT2D eigenvalue weighted by Crippen LogP contribution is -2.29. The Morgan fingerprint density at radius 2 is 1.58 bits per heavy atom. The number of para-hydroxylation sites is 1. The number of nitrogens with one attached hydrogen (secondary N) is 1. The van der Waals surface area contributed by atoms with Gasteiger partial charge in [-0.1, -0.05) is 68.1 Å². The second-order valence-corrected chi connectivity index (χ2v) is 9.12. The van der Waals surface area contributed by atoms with Crippen LogP contribution < -0.4 is 14.8 Å². The molecule has 0 aliphatic rings. The predicted octanol–water partition coefficient (Wildman–Crippen LogP) is 7.35. The number of benzene rings is 2. The molecule has 33 heavy (non-hydrogen) atoms. The van der Waals surface area contributed by atoms with Gasteiger partial charge < -0.3 is 19.7 Å². The zero-order valence-electron chi connectivity index (χ0n) is 20.5. The van der Waals surface area contributed by atoms with Crippen LogP contribution in [0.4, 0.5) is 0 Å². The molecule has 0 saturated carbocycles. The highest BCUT2D eigenvalue weighted by Crippen LogP contribution is 2.33. The van der Waals surface area contributed by atoms with Crippen molar-refractivity contribution in [3.63, 3.8) is 0 Å². The maximum atomic E-state index is 6.33. The molecule has 0 heterocycles. The smallest absolute Gasteiger partial charge is 0.166 e. The Labute approximate surface area is 210 Å². The zero-order chi connectivity index (χ0) is 23.9. The molecule has 6 heteroatoms. The largest absolute Gasteiger partial charge is 0.490 e. The minimum atomic E-state index is 0.358. The van der Waals surface area contributed by atoms with Crippen LogP contribution in [0.25, 0.3) is 0 Å². The second kappa shape index (κ2) is 16.2. The van der Waals surface area contributed by atoms with E-state index in [1.54, 1.807) is 6.07 Å². The molecular formula is C27H40Cl2N2O2. The molecule has 2 aromatic carbocycles. The molecule has 0 spiro atoms. The van der Waals surface area contributed by atoms with E-state index in [0.29, 0.717) is 23.3 Å². The average molecular weight is 496 g/mol. The molecule has 2 rings (SSSR count). The highest BCUT2D eigenvalue weighted by molar-refractivity contribution is 6.35. The van der Waals surface area contributed by atoms with Crippen molar-refractivity contribution in [1.29, 1.82) is 0 Å². The number of hydrogen-bond donors (Lipinski definition) is 1. The predicted molar refractivity (Wildman–Crippen MR) is 141 cm³/mol. The van der Waals surface area contributed by atoms with Crippen LogP contribution in [0.5, 0.6) is 11.5 Å². The van der Waals surface area contributed by atoms with Crippen LogP contribution in [-0.2, 0) is 13.2 Å². The molecule has 1 N–H and O–H groups in total. The third-order valence-electron chi connectivity index (χ3n) is 5.55. The Bertz CT molecular complexity index is 809. The van der Waals surface area contributed by atoms with Gasteiger partial charge in [0.25, 0.3) is 0 Å². The summed E-state index contributed by atoms with van der Waals surface area (Å²) in [6, 6.07) is 11.5. The van der Waals surface area contributed by atoms with Gasteiger partial charge in [0, 0.05) is 27.7 Å². The zero-order valence-corrected chi connectivity index (χ0v) is 22.0. The number of hydrogen-bond acceptors (Lipinski definition) is 4. The first kappa shape index (κ1) is 27.8. The molecule has 0 bridgehead atoms. The van der Waals surface area contributed by atoms with Gasteiger partial charge in [-0.3, -0.25) is 0 Å². The van der Waals surface area contributed by atoms with Crippen LogP contribution in [0.3, 0.4) is 0 Å². The van der Waals surface area contributed by atoms with Gasteiger partial charge in [0.15, 0.2) is 11.5 Å². The summed E-state index contributed by atoms with van der Waals surface area (Å²) in [4.78, 5) is 2.61. The van der Waals surface area contributed by atoms with Gasteiger partial charge in [-0.05, 0) is 70.6 Å². The first-order valence-corrected chi connectivity index (χ1v) is 13.1. The van der Waals surface area contributed by atoms with Gasteiger partial charge in [0.2, 0.25) is 0 Å². The van der Waals surface area contributed by atoms with E-state index in [1.807, 2.05) is 31.2 Å². The Morgan fingerprint density at radius 1 is 0.848 bits per heavy atom. The van der Waals surface area contributed by atoms with Crippen LogP contribution in [0.15, 0.2) is 36.4 Å². The Morgan fingerprint density at radius 3 is 2.24 bits per heavy atom. The van der Waals surface area contributed by atoms with Crippen molar-refractivity contribution < 1.29 is 9.47 Å². The fourth-order valence-electron chi connectivity index (χ4n) is 3.67. The molecule has 0 radical (unpaired) electrons. The second-order valence-electron chi connectivity index (χ2n) is 8.28. The van der Waals surface area contributed by atoms with Crippen LogP contribution in [0.1, 0.15) is 64.0 Å². The number of unbranched alkanes of at least 4 members (excludes halogenated alkanes) is 2. The van der Waals surface area contributed by atoms with E-state index >= 15 is 0 Å². The van der Waals surface area contributed by atoms with Gasteiger partial charge in [-0.2, -0.15) is 0 Å². The van der Waals surface area contributed by atoms with E-state index in [9.17, 15) is 0 Å². The summed E-state index contributed by atoms with van der Waals surface area (Å²) >= 11 is 12.4. The van der Waals surface area contributed by atoms with Crippen molar-refractivity contribution in [2.75, 3.05) is 32.8 Å². The van der Waals surface area contributed by atoms with Crippen LogP contribution in [-0.4, -0.2) is 37.7 Å². The van der Waals surface area contributed by atoms with Crippen LogP contribution in [0.2, 0.25) is 10.0 Å². The molecule has 184 valence electrons. The normalized spacial score (nSPS) is 11.2. The van der Waals surface area contributed by atoms with E-state index in [4.69, 9.17) is 32.7 Å². The quantitative estimate of drug-likeness (QED) is 0.233. The maximum Gasteiger partial charge on any atom is 0.166 e.